The number of aliphatic hydroxyl groups excluding tert-OH is 1. The minimum Gasteiger partial charge on any atom is -0.506 e. The molecule has 27 heavy (non-hydrogen) atoms. The number of nitrogens with zero attached hydrogens (tertiary/aromatic N) is 2. The summed E-state index contributed by atoms with van der Waals surface area (Å²) in [7, 11) is 1.23. The van der Waals surface area contributed by atoms with Crippen molar-refractivity contribution in [3.8, 4) is 0 Å². The first-order chi connectivity index (χ1) is 13.0. The lowest BCUT2D eigenvalue weighted by Gasteiger charge is -2.01. The van der Waals surface area contributed by atoms with Crippen molar-refractivity contribution in [3.05, 3.63) is 86.5 Å². The zero-order valence-corrected chi connectivity index (χ0v) is 15.0. The van der Waals surface area contributed by atoms with Crippen LogP contribution in [-0.2, 0) is 9.53 Å². The van der Waals surface area contributed by atoms with Crippen molar-refractivity contribution in [2.24, 2.45) is 4.99 Å². The molecule has 0 amide bonds. The van der Waals surface area contributed by atoms with Crippen LogP contribution < -0.4 is 0 Å². The van der Waals surface area contributed by atoms with Crippen LogP contribution in [0, 0.1) is 10.1 Å². The lowest BCUT2D eigenvalue weighted by atomic mass is 10.1. The normalized spacial score (nSPS) is 16.8. The van der Waals surface area contributed by atoms with Gasteiger partial charge in [-0.3, -0.25) is 10.1 Å². The maximum atomic E-state index is 12.1. The Labute approximate surface area is 158 Å². The number of para-hydroxylation sites is 1. The van der Waals surface area contributed by atoms with Crippen molar-refractivity contribution in [1.82, 2.24) is 0 Å². The van der Waals surface area contributed by atoms with Crippen molar-refractivity contribution in [1.29, 1.82) is 0 Å². The molecule has 0 radical (unpaired) electrons. The molecule has 1 N–H and O–H groups in total. The SMILES string of the molecule is COC(=O)C1=C(O)/C(=C\c2ccc([N+](=O)[O-])cc2)SC1=Nc1ccccc1. The Kier molecular flexibility index (Phi) is 5.37. The number of esters is 1. The molecule has 0 spiro atoms. The van der Waals surface area contributed by atoms with Crippen molar-refractivity contribution in [2.75, 3.05) is 7.11 Å². The molecule has 1 heterocycles. The Morgan fingerprint density at radius 3 is 2.44 bits per heavy atom. The van der Waals surface area contributed by atoms with Gasteiger partial charge < -0.3 is 9.84 Å². The molecular weight excluding hydrogens is 368 g/mol. The number of aliphatic hydroxyl groups is 1. The second kappa shape index (κ2) is 7.88. The topological polar surface area (TPSA) is 102 Å². The molecule has 136 valence electrons. The lowest BCUT2D eigenvalue weighted by Crippen LogP contribution is -2.10. The molecule has 2 aromatic carbocycles. The number of methoxy groups -OCH3 is 1. The van der Waals surface area contributed by atoms with Crippen molar-refractivity contribution in [3.63, 3.8) is 0 Å². The number of ether oxygens (including phenoxy) is 1. The Hall–Kier alpha value is -3.39. The van der Waals surface area contributed by atoms with Crippen LogP contribution in [-0.4, -0.2) is 28.2 Å². The van der Waals surface area contributed by atoms with E-state index in [9.17, 15) is 20.0 Å². The van der Waals surface area contributed by atoms with Gasteiger partial charge in [-0.1, -0.05) is 30.0 Å². The smallest absolute Gasteiger partial charge is 0.344 e. The average Bonchev–Trinajstić information content (AvgIpc) is 2.97. The second-order valence-electron chi connectivity index (χ2n) is 5.43. The van der Waals surface area contributed by atoms with Gasteiger partial charge in [-0.05, 0) is 35.9 Å². The second-order valence-corrected chi connectivity index (χ2v) is 6.46. The minimum absolute atomic E-state index is 0.0143. The molecule has 0 aliphatic carbocycles. The number of non-ortho nitro benzene ring substituents is 1. The van der Waals surface area contributed by atoms with Gasteiger partial charge in [0.25, 0.3) is 5.69 Å². The van der Waals surface area contributed by atoms with Crippen LogP contribution in [0.4, 0.5) is 11.4 Å². The Morgan fingerprint density at radius 1 is 1.19 bits per heavy atom. The number of carbonyl (C=O) groups is 1. The molecular formula is C19H14N2O5S. The van der Waals surface area contributed by atoms with Crippen LogP contribution in [0.2, 0.25) is 0 Å². The number of aliphatic imine (C=N–C) groups is 1. The number of hydrogen-bond acceptors (Lipinski definition) is 7. The van der Waals surface area contributed by atoms with Crippen LogP contribution in [0.3, 0.4) is 0 Å². The first kappa shape index (κ1) is 18.4. The fourth-order valence-corrected chi connectivity index (χ4v) is 3.39. The molecule has 0 atom stereocenters. The van der Waals surface area contributed by atoms with Crippen LogP contribution in [0.25, 0.3) is 6.08 Å². The molecule has 0 fully saturated rings. The summed E-state index contributed by atoms with van der Waals surface area (Å²) in [4.78, 5) is 27.2. The number of rotatable bonds is 4. The number of nitro benzene ring substituents is 1. The van der Waals surface area contributed by atoms with E-state index in [1.807, 2.05) is 18.2 Å². The molecule has 3 rings (SSSR count). The summed E-state index contributed by atoms with van der Waals surface area (Å²) in [5.74, 6) is -0.929. The third-order valence-corrected chi connectivity index (χ3v) is 4.69. The van der Waals surface area contributed by atoms with E-state index in [-0.39, 0.29) is 17.0 Å². The number of thioether (sulfide) groups is 1. The van der Waals surface area contributed by atoms with Gasteiger partial charge in [0.05, 0.1) is 22.6 Å². The van der Waals surface area contributed by atoms with Gasteiger partial charge in [-0.25, -0.2) is 9.79 Å². The number of nitro groups is 1. The lowest BCUT2D eigenvalue weighted by molar-refractivity contribution is -0.384. The molecule has 8 heteroatoms. The van der Waals surface area contributed by atoms with Gasteiger partial charge >= 0.3 is 5.97 Å². The third kappa shape index (κ3) is 4.06. The predicted octanol–water partition coefficient (Wildman–Crippen LogP) is 4.40. The molecule has 0 saturated carbocycles. The summed E-state index contributed by atoms with van der Waals surface area (Å²) in [6.45, 7) is 0. The van der Waals surface area contributed by atoms with Gasteiger partial charge in [0.1, 0.15) is 16.4 Å². The molecule has 0 unspecified atom stereocenters. The summed E-state index contributed by atoms with van der Waals surface area (Å²) < 4.78 is 4.76. The Morgan fingerprint density at radius 2 is 1.85 bits per heavy atom. The summed E-state index contributed by atoms with van der Waals surface area (Å²) in [5, 5.41) is 21.6. The summed E-state index contributed by atoms with van der Waals surface area (Å²) in [5.41, 5.74) is 1.22. The van der Waals surface area contributed by atoms with E-state index in [4.69, 9.17) is 4.74 Å². The van der Waals surface area contributed by atoms with Gasteiger partial charge in [0, 0.05) is 12.1 Å². The van der Waals surface area contributed by atoms with Gasteiger partial charge in [-0.15, -0.1) is 0 Å². The van der Waals surface area contributed by atoms with E-state index in [0.717, 1.165) is 11.8 Å². The van der Waals surface area contributed by atoms with Crippen LogP contribution in [0.5, 0.6) is 0 Å². The van der Waals surface area contributed by atoms with Crippen LogP contribution >= 0.6 is 11.8 Å². The number of carbonyl (C=O) groups excluding carboxylic acids is 1. The maximum Gasteiger partial charge on any atom is 0.344 e. The van der Waals surface area contributed by atoms with Crippen LogP contribution in [0.15, 0.2) is 75.8 Å². The van der Waals surface area contributed by atoms with Gasteiger partial charge in [-0.2, -0.15) is 0 Å². The average molecular weight is 382 g/mol. The number of hydrogen-bond donors (Lipinski definition) is 1. The van der Waals surface area contributed by atoms with E-state index < -0.39 is 10.9 Å². The van der Waals surface area contributed by atoms with E-state index in [2.05, 4.69) is 4.99 Å². The first-order valence-electron chi connectivity index (χ1n) is 7.79. The monoisotopic (exact) mass is 382 g/mol. The Bertz CT molecular complexity index is 979. The summed E-state index contributed by atoms with van der Waals surface area (Å²) in [6.07, 6.45) is 1.63. The third-order valence-electron chi connectivity index (χ3n) is 3.67. The predicted molar refractivity (Wildman–Crippen MR) is 104 cm³/mol. The fraction of sp³-hybridized carbons (Fsp3) is 0.0526. The highest BCUT2D eigenvalue weighted by Crippen LogP contribution is 2.40. The highest BCUT2D eigenvalue weighted by molar-refractivity contribution is 8.18. The first-order valence-corrected chi connectivity index (χ1v) is 8.61. The molecule has 0 saturated heterocycles. The molecule has 1 aliphatic heterocycles. The quantitative estimate of drug-likeness (QED) is 0.478. The minimum atomic E-state index is -0.693. The largest absolute Gasteiger partial charge is 0.506 e. The van der Waals surface area contributed by atoms with E-state index in [1.54, 1.807) is 30.3 Å². The van der Waals surface area contributed by atoms with Gasteiger partial charge in [0.15, 0.2) is 0 Å². The highest BCUT2D eigenvalue weighted by Gasteiger charge is 2.32. The van der Waals surface area contributed by atoms with E-state index in [0.29, 0.717) is 21.2 Å². The van der Waals surface area contributed by atoms with Crippen molar-refractivity contribution < 1.29 is 19.6 Å². The molecule has 0 aromatic heterocycles. The number of benzene rings is 2. The molecule has 7 nitrogen and oxygen atoms in total. The van der Waals surface area contributed by atoms with Crippen LogP contribution in [0.1, 0.15) is 5.56 Å². The molecule has 0 bridgehead atoms. The van der Waals surface area contributed by atoms with Gasteiger partial charge in [0.2, 0.25) is 0 Å². The zero-order chi connectivity index (χ0) is 19.4. The fourth-order valence-electron chi connectivity index (χ4n) is 2.35. The van der Waals surface area contributed by atoms with Crippen molar-refractivity contribution in [2.45, 2.75) is 0 Å². The van der Waals surface area contributed by atoms with Crippen molar-refractivity contribution >= 4 is 40.2 Å². The maximum absolute atomic E-state index is 12.1. The van der Waals surface area contributed by atoms with E-state index in [1.165, 1.54) is 19.2 Å². The summed E-state index contributed by atoms with van der Waals surface area (Å²) >= 11 is 1.12. The zero-order valence-electron chi connectivity index (χ0n) is 14.2. The molecule has 1 aliphatic rings. The highest BCUT2D eigenvalue weighted by atomic mass is 32.2. The Balaban J connectivity index is 2.00. The summed E-state index contributed by atoms with van der Waals surface area (Å²) in [6, 6.07) is 14.9. The molecule has 2 aromatic rings. The van der Waals surface area contributed by atoms with E-state index >= 15 is 0 Å². The standard InChI is InChI=1S/C19H14N2O5S/c1-26-19(23)16-17(22)15(11-12-7-9-14(10-8-12)21(24)25)27-18(16)20-13-5-3-2-4-6-13/h2-11,22H,1H3/b15-11+,20-18?.